The number of likely N-dealkylation sites (N-methyl/N-ethyl adjacent to an activating group) is 2. The molecule has 0 bridgehead atoms. The van der Waals surface area contributed by atoms with E-state index < -0.39 is 12.3 Å². The van der Waals surface area contributed by atoms with Gasteiger partial charge in [0.25, 0.3) is 0 Å². The number of aliphatic hydroxyl groups is 2. The molecule has 0 aromatic rings. The number of carboxylic acids is 1. The molecule has 0 atom stereocenters. The van der Waals surface area contributed by atoms with E-state index in [1.165, 1.54) is 16.8 Å². The summed E-state index contributed by atoms with van der Waals surface area (Å²) in [5.41, 5.74) is 0. The molecule has 0 saturated carbocycles. The fourth-order valence-corrected chi connectivity index (χ4v) is 1.02. The smallest absolute Gasteiger partial charge is 0.323 e. The van der Waals surface area contributed by atoms with E-state index in [0.717, 1.165) is 0 Å². The molecule has 0 unspecified atom stereocenters. The molecule has 14 heavy (non-hydrogen) atoms. The van der Waals surface area contributed by atoms with Crippen molar-refractivity contribution in [3.63, 3.8) is 0 Å². The van der Waals surface area contributed by atoms with Gasteiger partial charge in [0, 0.05) is 14.1 Å². The minimum Gasteiger partial charge on any atom is -0.480 e. The van der Waals surface area contributed by atoms with Gasteiger partial charge in [-0.25, -0.2) is 0 Å². The van der Waals surface area contributed by atoms with Crippen molar-refractivity contribution in [3.05, 3.63) is 0 Å². The van der Waals surface area contributed by atoms with Gasteiger partial charge in [-0.2, -0.15) is 0 Å². The summed E-state index contributed by atoms with van der Waals surface area (Å²) in [4.78, 5) is 13.1. The third-order valence-corrected chi connectivity index (χ3v) is 2.09. The molecule has 0 amide bonds. The van der Waals surface area contributed by atoms with Crippen LogP contribution in [-0.4, -0.2) is 69.7 Å². The van der Waals surface area contributed by atoms with E-state index in [4.69, 9.17) is 27.5 Å². The Morgan fingerprint density at radius 2 is 1.86 bits per heavy atom. The number of rotatable bonds is 4. The first-order chi connectivity index (χ1) is 6.34. The lowest BCUT2D eigenvalue weighted by Gasteiger charge is -2.27. The normalized spacial score (nSPS) is 10.1. The molecular formula is C7H14N2O4S. The van der Waals surface area contributed by atoms with E-state index in [2.05, 4.69) is 0 Å². The van der Waals surface area contributed by atoms with E-state index in [1.54, 1.807) is 7.05 Å². The van der Waals surface area contributed by atoms with Crippen molar-refractivity contribution in [1.29, 1.82) is 0 Å². The Hall–Kier alpha value is -0.920. The van der Waals surface area contributed by atoms with Crippen molar-refractivity contribution < 1.29 is 20.1 Å². The molecule has 7 heteroatoms. The van der Waals surface area contributed by atoms with Gasteiger partial charge in [0.05, 0.1) is 6.54 Å². The summed E-state index contributed by atoms with van der Waals surface area (Å²) in [6.45, 7) is -0.270. The predicted octanol–water partition coefficient (Wildman–Crippen LogP) is -1.47. The molecule has 0 aliphatic carbocycles. The molecule has 0 aliphatic heterocycles. The Kier molecular flexibility index (Phi) is 5.36. The molecule has 6 nitrogen and oxygen atoms in total. The number of aliphatic carboxylic acids is 1. The number of aliphatic hydroxyl groups excluding tert-OH is 1. The van der Waals surface area contributed by atoms with Crippen molar-refractivity contribution in [3.8, 4) is 0 Å². The number of nitrogens with zero attached hydrogens (tertiary/aromatic N) is 2. The number of carboxylic acid groups (broad SMARTS) is 1. The number of hydrogen-bond acceptors (Lipinski definition) is 4. The molecule has 0 heterocycles. The summed E-state index contributed by atoms with van der Waals surface area (Å²) in [5, 5.41) is 26.0. The van der Waals surface area contributed by atoms with E-state index in [0.29, 0.717) is 0 Å². The fourth-order valence-electron chi connectivity index (χ4n) is 0.885. The number of hydrogen-bond donors (Lipinski definition) is 3. The first-order valence-corrected chi connectivity index (χ1v) is 4.29. The number of thiocarbonyl (C=S) groups is 1. The van der Waals surface area contributed by atoms with Gasteiger partial charge in [-0.3, -0.25) is 4.79 Å². The zero-order valence-electron chi connectivity index (χ0n) is 8.04. The molecule has 0 fully saturated rings. The predicted molar refractivity (Wildman–Crippen MR) is 53.7 cm³/mol. The zero-order chi connectivity index (χ0) is 11.3. The van der Waals surface area contributed by atoms with Crippen LogP contribution in [0.25, 0.3) is 0 Å². The summed E-state index contributed by atoms with van der Waals surface area (Å²) in [7, 11) is 3.08. The van der Waals surface area contributed by atoms with Gasteiger partial charge < -0.3 is 25.1 Å². The minimum atomic E-state index is -1.49. The summed E-state index contributed by atoms with van der Waals surface area (Å²) in [6, 6.07) is 0. The van der Waals surface area contributed by atoms with E-state index in [9.17, 15) is 4.79 Å². The first kappa shape index (κ1) is 13.1. The SMILES string of the molecule is CN(CC(=O)O)C(=S)N(C)CC(O)O. The second kappa shape index (κ2) is 5.74. The Morgan fingerprint density at radius 3 is 2.21 bits per heavy atom. The Balaban J connectivity index is 4.10. The van der Waals surface area contributed by atoms with Crippen LogP contribution in [0.1, 0.15) is 0 Å². The maximum atomic E-state index is 10.3. The summed E-state index contributed by atoms with van der Waals surface area (Å²) < 4.78 is 0. The second-order valence-electron chi connectivity index (χ2n) is 2.89. The quantitative estimate of drug-likeness (QED) is 0.395. The van der Waals surface area contributed by atoms with Crippen molar-refractivity contribution in [2.45, 2.75) is 6.29 Å². The highest BCUT2D eigenvalue weighted by atomic mass is 32.1. The van der Waals surface area contributed by atoms with Gasteiger partial charge in [-0.15, -0.1) is 0 Å². The average molecular weight is 222 g/mol. The highest BCUT2D eigenvalue weighted by Gasteiger charge is 2.14. The minimum absolute atomic E-state index is 0.0528. The lowest BCUT2D eigenvalue weighted by atomic mass is 10.5. The lowest BCUT2D eigenvalue weighted by molar-refractivity contribution is -0.137. The Morgan fingerprint density at radius 1 is 1.36 bits per heavy atom. The molecule has 0 rings (SSSR count). The van der Waals surface area contributed by atoms with Crippen LogP contribution in [-0.2, 0) is 4.79 Å². The Labute approximate surface area is 87.4 Å². The second-order valence-corrected chi connectivity index (χ2v) is 3.26. The number of carbonyl (C=O) groups is 1. The molecular weight excluding hydrogens is 208 g/mol. The molecule has 0 aromatic heterocycles. The highest BCUT2D eigenvalue weighted by Crippen LogP contribution is 1.95. The van der Waals surface area contributed by atoms with Crippen LogP contribution in [0.4, 0.5) is 0 Å². The van der Waals surface area contributed by atoms with Crippen LogP contribution in [0.5, 0.6) is 0 Å². The topological polar surface area (TPSA) is 84.2 Å². The van der Waals surface area contributed by atoms with Gasteiger partial charge in [0.15, 0.2) is 11.4 Å². The van der Waals surface area contributed by atoms with Crippen LogP contribution in [0, 0.1) is 0 Å². The molecule has 0 aromatic carbocycles. The summed E-state index contributed by atoms with van der Waals surface area (Å²) in [6.07, 6.45) is -1.49. The molecule has 0 saturated heterocycles. The standard InChI is InChI=1S/C7H14N2O4S/c1-8(3-5(10)11)7(14)9(2)4-6(12)13/h5,10-11H,3-4H2,1-2H3,(H,12,13). The molecule has 0 spiro atoms. The van der Waals surface area contributed by atoms with Gasteiger partial charge in [0.1, 0.15) is 6.54 Å². The largest absolute Gasteiger partial charge is 0.480 e. The third-order valence-electron chi connectivity index (χ3n) is 1.46. The van der Waals surface area contributed by atoms with E-state index >= 15 is 0 Å². The van der Waals surface area contributed by atoms with E-state index in [1.807, 2.05) is 0 Å². The monoisotopic (exact) mass is 222 g/mol. The summed E-state index contributed by atoms with van der Waals surface area (Å²) >= 11 is 4.90. The maximum Gasteiger partial charge on any atom is 0.323 e. The first-order valence-electron chi connectivity index (χ1n) is 3.88. The molecule has 3 N–H and O–H groups in total. The van der Waals surface area contributed by atoms with Crippen molar-refractivity contribution in [2.75, 3.05) is 27.2 Å². The average Bonchev–Trinajstić information content (AvgIpc) is 2.00. The molecule has 82 valence electrons. The Bertz CT molecular complexity index is 222. The highest BCUT2D eigenvalue weighted by molar-refractivity contribution is 7.80. The molecule has 0 aliphatic rings. The van der Waals surface area contributed by atoms with Gasteiger partial charge in [0.2, 0.25) is 0 Å². The zero-order valence-corrected chi connectivity index (χ0v) is 8.86. The van der Waals surface area contributed by atoms with Crippen LogP contribution in [0.2, 0.25) is 0 Å². The van der Waals surface area contributed by atoms with Crippen LogP contribution < -0.4 is 0 Å². The van der Waals surface area contributed by atoms with Crippen molar-refractivity contribution in [1.82, 2.24) is 9.80 Å². The van der Waals surface area contributed by atoms with Gasteiger partial charge in [-0.1, -0.05) is 0 Å². The summed E-state index contributed by atoms with van der Waals surface area (Å²) in [5.74, 6) is -0.993. The van der Waals surface area contributed by atoms with Crippen LogP contribution in [0.3, 0.4) is 0 Å². The van der Waals surface area contributed by atoms with Gasteiger partial charge >= 0.3 is 5.97 Å². The molecule has 0 radical (unpaired) electrons. The lowest BCUT2D eigenvalue weighted by Crippen LogP contribution is -2.43. The van der Waals surface area contributed by atoms with Crippen LogP contribution >= 0.6 is 12.2 Å². The maximum absolute atomic E-state index is 10.3. The van der Waals surface area contributed by atoms with Crippen molar-refractivity contribution in [2.24, 2.45) is 0 Å². The third kappa shape index (κ3) is 4.95. The van der Waals surface area contributed by atoms with Gasteiger partial charge in [-0.05, 0) is 12.2 Å². The van der Waals surface area contributed by atoms with Crippen LogP contribution in [0.15, 0.2) is 0 Å². The fraction of sp³-hybridized carbons (Fsp3) is 0.714. The van der Waals surface area contributed by atoms with E-state index in [-0.39, 0.29) is 18.2 Å². The van der Waals surface area contributed by atoms with Crippen molar-refractivity contribution >= 4 is 23.3 Å².